The van der Waals surface area contributed by atoms with E-state index in [1.54, 1.807) is 11.0 Å². The summed E-state index contributed by atoms with van der Waals surface area (Å²) in [5.74, 6) is 0.397. The first kappa shape index (κ1) is 15.1. The molecule has 0 saturated carbocycles. The van der Waals surface area contributed by atoms with Crippen molar-refractivity contribution in [2.24, 2.45) is 0 Å². The van der Waals surface area contributed by atoms with E-state index in [1.807, 2.05) is 49.4 Å². The molecule has 0 atom stereocenters. The number of rotatable bonds is 4. The number of hydrogen-bond acceptors (Lipinski definition) is 3. The lowest BCUT2D eigenvalue weighted by Crippen LogP contribution is -2.38. The van der Waals surface area contributed by atoms with Gasteiger partial charge in [0.05, 0.1) is 24.3 Å². The SMILES string of the molecule is Cc1ccc2c(c1)C(=O)NCC(=O)N2CCOc1ccccc1. The van der Waals surface area contributed by atoms with E-state index in [0.717, 1.165) is 11.3 Å². The molecular weight excluding hydrogens is 292 g/mol. The number of para-hydroxylation sites is 1. The van der Waals surface area contributed by atoms with Crippen molar-refractivity contribution in [3.05, 3.63) is 59.7 Å². The first-order valence-corrected chi connectivity index (χ1v) is 7.52. The minimum absolute atomic E-state index is 0.00209. The van der Waals surface area contributed by atoms with Crippen molar-refractivity contribution in [2.75, 3.05) is 24.6 Å². The first-order chi connectivity index (χ1) is 11.1. The van der Waals surface area contributed by atoms with Gasteiger partial charge in [-0.2, -0.15) is 0 Å². The molecule has 2 aromatic carbocycles. The van der Waals surface area contributed by atoms with Crippen LogP contribution in [0.15, 0.2) is 48.5 Å². The van der Waals surface area contributed by atoms with Gasteiger partial charge in [-0.25, -0.2) is 0 Å². The molecule has 23 heavy (non-hydrogen) atoms. The summed E-state index contributed by atoms with van der Waals surface area (Å²) in [6.07, 6.45) is 0. The van der Waals surface area contributed by atoms with Gasteiger partial charge in [-0.1, -0.05) is 29.8 Å². The van der Waals surface area contributed by atoms with Gasteiger partial charge in [0.2, 0.25) is 5.91 Å². The van der Waals surface area contributed by atoms with E-state index in [9.17, 15) is 9.59 Å². The lowest BCUT2D eigenvalue weighted by atomic mass is 10.1. The second-order valence-corrected chi connectivity index (χ2v) is 5.41. The third kappa shape index (κ3) is 3.34. The molecular formula is C18H18N2O3. The molecule has 5 heteroatoms. The Morgan fingerprint density at radius 1 is 1.13 bits per heavy atom. The first-order valence-electron chi connectivity index (χ1n) is 7.52. The van der Waals surface area contributed by atoms with Gasteiger partial charge in [0.15, 0.2) is 0 Å². The predicted molar refractivity (Wildman–Crippen MR) is 87.8 cm³/mol. The van der Waals surface area contributed by atoms with Crippen LogP contribution in [0.1, 0.15) is 15.9 Å². The Labute approximate surface area is 134 Å². The molecule has 1 N–H and O–H groups in total. The fraction of sp³-hybridized carbons (Fsp3) is 0.222. The number of aryl methyl sites for hydroxylation is 1. The Kier molecular flexibility index (Phi) is 4.28. The number of ether oxygens (including phenoxy) is 1. The van der Waals surface area contributed by atoms with Crippen LogP contribution in [-0.2, 0) is 4.79 Å². The molecule has 1 aliphatic rings. The van der Waals surface area contributed by atoms with Crippen molar-refractivity contribution in [2.45, 2.75) is 6.92 Å². The zero-order valence-electron chi connectivity index (χ0n) is 12.9. The monoisotopic (exact) mass is 310 g/mol. The Hall–Kier alpha value is -2.82. The molecule has 0 unspecified atom stereocenters. The number of carbonyl (C=O) groups excluding carboxylic acids is 2. The molecule has 2 amide bonds. The molecule has 1 heterocycles. The molecule has 2 aromatic rings. The highest BCUT2D eigenvalue weighted by atomic mass is 16.5. The largest absolute Gasteiger partial charge is 0.492 e. The van der Waals surface area contributed by atoms with Gasteiger partial charge < -0.3 is 15.0 Å². The summed E-state index contributed by atoms with van der Waals surface area (Å²) in [5, 5.41) is 2.64. The van der Waals surface area contributed by atoms with Gasteiger partial charge in [-0.15, -0.1) is 0 Å². The van der Waals surface area contributed by atoms with E-state index < -0.39 is 0 Å². The molecule has 0 spiro atoms. The summed E-state index contributed by atoms with van der Waals surface area (Å²) in [5.41, 5.74) is 2.14. The molecule has 0 radical (unpaired) electrons. The average molecular weight is 310 g/mol. The summed E-state index contributed by atoms with van der Waals surface area (Å²) in [6.45, 7) is 2.66. The van der Waals surface area contributed by atoms with Crippen LogP contribution in [0, 0.1) is 6.92 Å². The molecule has 0 aliphatic carbocycles. The molecule has 1 aliphatic heterocycles. The number of fused-ring (bicyclic) bond motifs is 1. The standard InChI is InChI=1S/C18H18N2O3/c1-13-7-8-16-15(11-13)18(22)19-12-17(21)20(16)9-10-23-14-5-3-2-4-6-14/h2-8,11H,9-10,12H2,1H3,(H,19,22). The number of nitrogens with one attached hydrogen (secondary N) is 1. The van der Waals surface area contributed by atoms with E-state index in [2.05, 4.69) is 5.32 Å². The normalized spacial score (nSPS) is 14.0. The fourth-order valence-electron chi connectivity index (χ4n) is 2.56. The van der Waals surface area contributed by atoms with E-state index >= 15 is 0 Å². The maximum absolute atomic E-state index is 12.3. The maximum atomic E-state index is 12.3. The van der Waals surface area contributed by atoms with Crippen molar-refractivity contribution in [1.29, 1.82) is 0 Å². The lowest BCUT2D eigenvalue weighted by Gasteiger charge is -2.22. The van der Waals surface area contributed by atoms with E-state index in [0.29, 0.717) is 24.4 Å². The third-order valence-corrected chi connectivity index (χ3v) is 3.72. The molecule has 0 aromatic heterocycles. The molecule has 3 rings (SSSR count). The number of nitrogens with zero attached hydrogens (tertiary/aromatic N) is 1. The van der Waals surface area contributed by atoms with Crippen LogP contribution in [0.2, 0.25) is 0 Å². The lowest BCUT2D eigenvalue weighted by molar-refractivity contribution is -0.117. The fourth-order valence-corrected chi connectivity index (χ4v) is 2.56. The number of benzene rings is 2. The van der Waals surface area contributed by atoms with Crippen LogP contribution in [0.25, 0.3) is 0 Å². The van der Waals surface area contributed by atoms with Crippen molar-refractivity contribution >= 4 is 17.5 Å². The minimum atomic E-state index is -0.219. The smallest absolute Gasteiger partial charge is 0.253 e. The highest BCUT2D eigenvalue weighted by molar-refractivity contribution is 6.09. The van der Waals surface area contributed by atoms with Crippen LogP contribution < -0.4 is 15.0 Å². The maximum Gasteiger partial charge on any atom is 0.253 e. The molecule has 5 nitrogen and oxygen atoms in total. The zero-order chi connectivity index (χ0) is 16.2. The summed E-state index contributed by atoms with van der Waals surface area (Å²) < 4.78 is 5.66. The predicted octanol–water partition coefficient (Wildman–Crippen LogP) is 2.15. The number of amides is 2. The minimum Gasteiger partial charge on any atom is -0.492 e. The Balaban J connectivity index is 1.78. The van der Waals surface area contributed by atoms with Gasteiger partial charge in [0.25, 0.3) is 5.91 Å². The third-order valence-electron chi connectivity index (χ3n) is 3.72. The van der Waals surface area contributed by atoms with Crippen molar-refractivity contribution in [3.8, 4) is 5.75 Å². The number of hydrogen-bond donors (Lipinski definition) is 1. The molecule has 0 saturated heterocycles. The summed E-state index contributed by atoms with van der Waals surface area (Å²) in [6, 6.07) is 15.0. The Morgan fingerprint density at radius 2 is 1.91 bits per heavy atom. The van der Waals surface area contributed by atoms with Gasteiger partial charge >= 0.3 is 0 Å². The van der Waals surface area contributed by atoms with Crippen molar-refractivity contribution in [3.63, 3.8) is 0 Å². The second-order valence-electron chi connectivity index (χ2n) is 5.41. The van der Waals surface area contributed by atoms with Crippen LogP contribution in [0.3, 0.4) is 0 Å². The van der Waals surface area contributed by atoms with E-state index in [1.165, 1.54) is 0 Å². The van der Waals surface area contributed by atoms with Gasteiger partial charge in [-0.3, -0.25) is 9.59 Å². The Morgan fingerprint density at radius 3 is 2.70 bits per heavy atom. The number of anilines is 1. The average Bonchev–Trinajstić information content (AvgIpc) is 2.68. The van der Waals surface area contributed by atoms with E-state index in [-0.39, 0.29) is 18.4 Å². The summed E-state index contributed by atoms with van der Waals surface area (Å²) >= 11 is 0. The summed E-state index contributed by atoms with van der Waals surface area (Å²) in [4.78, 5) is 26.0. The van der Waals surface area contributed by atoms with Gasteiger partial charge in [-0.05, 0) is 31.2 Å². The zero-order valence-corrected chi connectivity index (χ0v) is 12.9. The van der Waals surface area contributed by atoms with Gasteiger partial charge in [0.1, 0.15) is 12.4 Å². The van der Waals surface area contributed by atoms with Crippen LogP contribution >= 0.6 is 0 Å². The molecule has 0 fully saturated rings. The summed E-state index contributed by atoms with van der Waals surface area (Å²) in [7, 11) is 0. The molecule has 0 bridgehead atoms. The van der Waals surface area contributed by atoms with Crippen LogP contribution in [-0.4, -0.2) is 31.5 Å². The van der Waals surface area contributed by atoms with Crippen molar-refractivity contribution < 1.29 is 14.3 Å². The Bertz CT molecular complexity index is 728. The van der Waals surface area contributed by atoms with Gasteiger partial charge in [0, 0.05) is 0 Å². The van der Waals surface area contributed by atoms with Crippen LogP contribution in [0.5, 0.6) is 5.75 Å². The topological polar surface area (TPSA) is 58.6 Å². The molecule has 118 valence electrons. The van der Waals surface area contributed by atoms with E-state index in [4.69, 9.17) is 4.74 Å². The second kappa shape index (κ2) is 6.52. The number of carbonyl (C=O) groups is 2. The highest BCUT2D eigenvalue weighted by Crippen LogP contribution is 2.24. The van der Waals surface area contributed by atoms with Crippen molar-refractivity contribution in [1.82, 2.24) is 5.32 Å². The quantitative estimate of drug-likeness (QED) is 0.941. The highest BCUT2D eigenvalue weighted by Gasteiger charge is 2.26. The van der Waals surface area contributed by atoms with Crippen LogP contribution in [0.4, 0.5) is 5.69 Å².